The third-order valence-electron chi connectivity index (χ3n) is 5.54. The summed E-state index contributed by atoms with van der Waals surface area (Å²) in [5.74, 6) is 0.0472. The lowest BCUT2D eigenvalue weighted by Gasteiger charge is -2.15. The van der Waals surface area contributed by atoms with E-state index in [0.717, 1.165) is 79.4 Å². The van der Waals surface area contributed by atoms with Gasteiger partial charge >= 0.3 is 0 Å². The Balaban J connectivity index is 1.40. The summed E-state index contributed by atoms with van der Waals surface area (Å²) in [6.07, 6.45) is 6.46. The van der Waals surface area contributed by atoms with Gasteiger partial charge in [-0.15, -0.1) is 0 Å². The van der Waals surface area contributed by atoms with Gasteiger partial charge in [0.25, 0.3) is 5.91 Å². The zero-order chi connectivity index (χ0) is 20.9. The predicted octanol–water partition coefficient (Wildman–Crippen LogP) is 3.32. The van der Waals surface area contributed by atoms with E-state index in [4.69, 9.17) is 14.5 Å². The summed E-state index contributed by atoms with van der Waals surface area (Å²) in [5.41, 5.74) is 3.20. The van der Waals surface area contributed by atoms with E-state index in [1.54, 1.807) is 12.0 Å². The fraction of sp³-hybridized carbons (Fsp3) is 0.545. The third-order valence-corrected chi connectivity index (χ3v) is 6.51. The van der Waals surface area contributed by atoms with Crippen LogP contribution in [0.3, 0.4) is 0 Å². The van der Waals surface area contributed by atoms with Crippen molar-refractivity contribution in [2.45, 2.75) is 38.3 Å². The van der Waals surface area contributed by atoms with Crippen molar-refractivity contribution in [2.75, 3.05) is 40.5 Å². The molecule has 3 heterocycles. The van der Waals surface area contributed by atoms with Gasteiger partial charge in [0.2, 0.25) is 0 Å². The van der Waals surface area contributed by atoms with Crippen molar-refractivity contribution >= 4 is 33.2 Å². The molecule has 0 aliphatic carbocycles. The highest BCUT2D eigenvalue weighted by Crippen LogP contribution is 2.25. The SMILES string of the molecule is COCCCCN(C)C(=O)c1cn2c(nc3cc(CNCC4CCCO4)ccc32)s1. The second kappa shape index (κ2) is 9.87. The van der Waals surface area contributed by atoms with E-state index in [0.29, 0.717) is 6.10 Å². The maximum Gasteiger partial charge on any atom is 0.265 e. The molecule has 1 aliphatic rings. The van der Waals surface area contributed by atoms with E-state index < -0.39 is 0 Å². The summed E-state index contributed by atoms with van der Waals surface area (Å²) in [7, 11) is 3.55. The molecule has 8 heteroatoms. The molecule has 7 nitrogen and oxygen atoms in total. The van der Waals surface area contributed by atoms with Crippen LogP contribution < -0.4 is 5.32 Å². The highest BCUT2D eigenvalue weighted by atomic mass is 32.1. The van der Waals surface area contributed by atoms with Crippen LogP contribution in [0.4, 0.5) is 0 Å². The predicted molar refractivity (Wildman–Crippen MR) is 119 cm³/mol. The molecule has 1 N–H and O–H groups in total. The number of hydrogen-bond acceptors (Lipinski definition) is 6. The second-order valence-corrected chi connectivity index (χ2v) is 8.88. The van der Waals surface area contributed by atoms with Gasteiger partial charge < -0.3 is 19.7 Å². The summed E-state index contributed by atoms with van der Waals surface area (Å²) in [6.45, 7) is 4.04. The number of imidazole rings is 1. The molecule has 0 bridgehead atoms. The number of ether oxygens (including phenoxy) is 2. The van der Waals surface area contributed by atoms with Crippen LogP contribution in [0.15, 0.2) is 24.4 Å². The van der Waals surface area contributed by atoms with Crippen LogP contribution in [0.25, 0.3) is 16.0 Å². The van der Waals surface area contributed by atoms with Crippen LogP contribution in [0.1, 0.15) is 40.9 Å². The quantitative estimate of drug-likeness (QED) is 0.500. The number of amides is 1. The molecule has 1 unspecified atom stereocenters. The number of benzene rings is 1. The molecule has 0 spiro atoms. The topological polar surface area (TPSA) is 68.1 Å². The first kappa shape index (κ1) is 21.2. The molecular weight excluding hydrogens is 400 g/mol. The molecule has 1 fully saturated rings. The van der Waals surface area contributed by atoms with E-state index in [-0.39, 0.29) is 5.91 Å². The van der Waals surface area contributed by atoms with E-state index in [1.165, 1.54) is 16.9 Å². The van der Waals surface area contributed by atoms with Gasteiger partial charge in [-0.2, -0.15) is 0 Å². The molecule has 0 radical (unpaired) electrons. The van der Waals surface area contributed by atoms with Gasteiger partial charge in [0.1, 0.15) is 4.88 Å². The molecule has 1 atom stereocenters. The number of thiazole rings is 1. The Bertz CT molecular complexity index is 993. The lowest BCUT2D eigenvalue weighted by molar-refractivity contribution is 0.0793. The van der Waals surface area contributed by atoms with Crippen LogP contribution in [0, 0.1) is 0 Å². The molecular formula is C22H30N4O3S. The van der Waals surface area contributed by atoms with Crippen LogP contribution >= 0.6 is 11.3 Å². The highest BCUT2D eigenvalue weighted by molar-refractivity contribution is 7.18. The Morgan fingerprint density at radius 1 is 1.43 bits per heavy atom. The molecule has 3 aromatic rings. The average molecular weight is 431 g/mol. The zero-order valence-corrected chi connectivity index (χ0v) is 18.5. The summed E-state index contributed by atoms with van der Waals surface area (Å²) in [5, 5.41) is 3.48. The number of unbranched alkanes of at least 4 members (excludes halogenated alkanes) is 1. The molecule has 2 aromatic heterocycles. The summed E-state index contributed by atoms with van der Waals surface area (Å²) in [6, 6.07) is 6.34. The number of nitrogens with zero attached hydrogens (tertiary/aromatic N) is 3. The average Bonchev–Trinajstić information content (AvgIpc) is 3.46. The fourth-order valence-corrected chi connectivity index (χ4v) is 4.83. The molecule has 1 aliphatic heterocycles. The first-order valence-electron chi connectivity index (χ1n) is 10.6. The fourth-order valence-electron chi connectivity index (χ4n) is 3.84. The van der Waals surface area contributed by atoms with Crippen molar-refractivity contribution in [1.82, 2.24) is 19.6 Å². The highest BCUT2D eigenvalue weighted by Gasteiger charge is 2.18. The Hall–Kier alpha value is -2.00. The monoisotopic (exact) mass is 430 g/mol. The van der Waals surface area contributed by atoms with Crippen LogP contribution in [-0.2, 0) is 16.0 Å². The first-order chi connectivity index (χ1) is 14.7. The van der Waals surface area contributed by atoms with Crippen molar-refractivity contribution in [3.63, 3.8) is 0 Å². The summed E-state index contributed by atoms with van der Waals surface area (Å²) in [4.78, 5) is 20.8. The van der Waals surface area contributed by atoms with Gasteiger partial charge in [0.15, 0.2) is 4.96 Å². The molecule has 4 rings (SSSR count). The van der Waals surface area contributed by atoms with Crippen LogP contribution in [0.5, 0.6) is 0 Å². The molecule has 30 heavy (non-hydrogen) atoms. The largest absolute Gasteiger partial charge is 0.385 e. The van der Waals surface area contributed by atoms with Gasteiger partial charge in [0.05, 0.1) is 17.1 Å². The number of carbonyl (C=O) groups is 1. The smallest absolute Gasteiger partial charge is 0.265 e. The number of fused-ring (bicyclic) bond motifs is 3. The lowest BCUT2D eigenvalue weighted by Crippen LogP contribution is -2.27. The van der Waals surface area contributed by atoms with Crippen LogP contribution in [-0.4, -0.2) is 66.8 Å². The molecule has 1 saturated heterocycles. The Kier molecular flexibility index (Phi) is 6.99. The van der Waals surface area contributed by atoms with Crippen molar-refractivity contribution in [2.24, 2.45) is 0 Å². The summed E-state index contributed by atoms with van der Waals surface area (Å²) >= 11 is 1.45. The van der Waals surface area contributed by atoms with E-state index in [1.807, 2.05) is 17.6 Å². The lowest BCUT2D eigenvalue weighted by atomic mass is 10.2. The first-order valence-corrected chi connectivity index (χ1v) is 11.4. The number of hydrogen-bond donors (Lipinski definition) is 1. The summed E-state index contributed by atoms with van der Waals surface area (Å²) < 4.78 is 12.8. The van der Waals surface area contributed by atoms with E-state index in [2.05, 4.69) is 23.5 Å². The van der Waals surface area contributed by atoms with Gasteiger partial charge in [-0.3, -0.25) is 9.20 Å². The molecule has 0 saturated carbocycles. The Morgan fingerprint density at radius 2 is 2.33 bits per heavy atom. The standard InChI is InChI=1S/C22H30N4O3S/c1-25(9-3-4-10-28-2)21(27)20-15-26-19-8-7-16(12-18(19)24-22(26)30-20)13-23-14-17-6-5-11-29-17/h7-8,12,15,17,23H,3-6,9-11,13-14H2,1-2H3. The minimum absolute atomic E-state index is 0.0472. The van der Waals surface area contributed by atoms with Crippen molar-refractivity contribution < 1.29 is 14.3 Å². The maximum absolute atomic E-state index is 12.7. The maximum atomic E-state index is 12.7. The molecule has 162 valence electrons. The van der Waals surface area contributed by atoms with E-state index >= 15 is 0 Å². The van der Waals surface area contributed by atoms with Gasteiger partial charge in [0, 0.05) is 53.2 Å². The van der Waals surface area contributed by atoms with Gasteiger partial charge in [-0.25, -0.2) is 4.98 Å². The number of rotatable bonds is 10. The van der Waals surface area contributed by atoms with Crippen molar-refractivity contribution in [3.8, 4) is 0 Å². The molecule has 1 amide bonds. The molecule has 1 aromatic carbocycles. The van der Waals surface area contributed by atoms with Gasteiger partial charge in [-0.1, -0.05) is 17.4 Å². The number of nitrogens with one attached hydrogen (secondary N) is 1. The minimum Gasteiger partial charge on any atom is -0.385 e. The second-order valence-electron chi connectivity index (χ2n) is 7.88. The van der Waals surface area contributed by atoms with Crippen molar-refractivity contribution in [1.29, 1.82) is 0 Å². The van der Waals surface area contributed by atoms with Gasteiger partial charge in [-0.05, 0) is 43.4 Å². The van der Waals surface area contributed by atoms with Crippen LogP contribution in [0.2, 0.25) is 0 Å². The number of aromatic nitrogens is 2. The number of carbonyl (C=O) groups excluding carboxylic acids is 1. The third kappa shape index (κ3) is 4.83. The minimum atomic E-state index is 0.0472. The Labute approximate surface area is 181 Å². The Morgan fingerprint density at radius 3 is 3.13 bits per heavy atom. The zero-order valence-electron chi connectivity index (χ0n) is 17.7. The van der Waals surface area contributed by atoms with E-state index in [9.17, 15) is 4.79 Å². The number of methoxy groups -OCH3 is 1. The van der Waals surface area contributed by atoms with Crippen molar-refractivity contribution in [3.05, 3.63) is 34.8 Å². The normalized spacial score (nSPS) is 16.7.